The molecule has 40 heavy (non-hydrogen) atoms. The van der Waals surface area contributed by atoms with Gasteiger partial charge in [-0.25, -0.2) is 4.79 Å². The summed E-state index contributed by atoms with van der Waals surface area (Å²) in [5.41, 5.74) is 9.07. The van der Waals surface area contributed by atoms with E-state index in [-0.39, 0.29) is 35.9 Å². The largest absolute Gasteiger partial charge is 0.487 e. The maximum Gasteiger partial charge on any atom is 0.341 e. The number of nitrogens with two attached hydrogens (primary N) is 1. The first-order valence-corrected chi connectivity index (χ1v) is 12.6. The summed E-state index contributed by atoms with van der Waals surface area (Å²) < 4.78 is 11.4. The first-order chi connectivity index (χ1) is 19.0. The van der Waals surface area contributed by atoms with Crippen LogP contribution in [0.1, 0.15) is 52.6 Å². The molecule has 1 atom stereocenters. The lowest BCUT2D eigenvalue weighted by Gasteiger charge is -2.21. The molecule has 0 unspecified atom stereocenters. The van der Waals surface area contributed by atoms with Crippen molar-refractivity contribution in [3.8, 4) is 11.5 Å². The van der Waals surface area contributed by atoms with Crippen molar-refractivity contribution < 1.29 is 34.4 Å². The van der Waals surface area contributed by atoms with Gasteiger partial charge in [0.15, 0.2) is 18.1 Å². The van der Waals surface area contributed by atoms with Gasteiger partial charge >= 0.3 is 5.97 Å². The van der Waals surface area contributed by atoms with Gasteiger partial charge in [-0.15, -0.1) is 0 Å². The normalized spacial score (nSPS) is 11.6. The molecule has 3 aromatic rings. The molecule has 3 rings (SSSR count). The molecule has 0 aliphatic carbocycles. The summed E-state index contributed by atoms with van der Waals surface area (Å²) in [6.45, 7) is 4.36. The van der Waals surface area contributed by atoms with Crippen LogP contribution in [0, 0.1) is 12.3 Å². The van der Waals surface area contributed by atoms with Crippen LogP contribution >= 0.6 is 0 Å². The smallest absolute Gasteiger partial charge is 0.341 e. The van der Waals surface area contributed by atoms with Gasteiger partial charge in [-0.3, -0.25) is 10.2 Å². The van der Waals surface area contributed by atoms with Crippen LogP contribution < -0.4 is 25.8 Å². The Labute approximate surface area is 232 Å². The lowest BCUT2D eigenvalue weighted by atomic mass is 10.0. The van der Waals surface area contributed by atoms with Crippen LogP contribution in [0.5, 0.6) is 11.5 Å². The van der Waals surface area contributed by atoms with Gasteiger partial charge in [0.1, 0.15) is 11.9 Å². The van der Waals surface area contributed by atoms with Crippen molar-refractivity contribution in [1.29, 1.82) is 5.41 Å². The van der Waals surface area contributed by atoms with E-state index in [9.17, 15) is 24.9 Å². The topological polar surface area (TPSA) is 187 Å². The number of carboxylic acids is 1. The number of aryl methyl sites for hydroxylation is 1. The fraction of sp³-hybridized carbons (Fsp3) is 0.276. The van der Waals surface area contributed by atoms with Gasteiger partial charge in [-0.1, -0.05) is 11.6 Å². The molecule has 0 fully saturated rings. The highest BCUT2D eigenvalue weighted by Gasteiger charge is 2.20. The number of hydrogen-bond acceptors (Lipinski definition) is 8. The number of nitrogens with one attached hydrogen (secondary N) is 3. The quantitative estimate of drug-likeness (QED) is 0.124. The van der Waals surface area contributed by atoms with Gasteiger partial charge in [-0.2, -0.15) is 0 Å². The number of rotatable bonds is 13. The summed E-state index contributed by atoms with van der Waals surface area (Å²) in [5, 5.41) is 42.6. The summed E-state index contributed by atoms with van der Waals surface area (Å²) in [6.07, 6.45) is -1.48. The van der Waals surface area contributed by atoms with E-state index in [1.54, 1.807) is 56.3 Å². The van der Waals surface area contributed by atoms with Crippen molar-refractivity contribution >= 4 is 29.1 Å². The molecule has 0 bridgehead atoms. The van der Waals surface area contributed by atoms with Crippen LogP contribution in [0.4, 0.5) is 11.4 Å². The lowest BCUT2D eigenvalue weighted by molar-refractivity contribution is -0.139. The number of carbonyl (C=O) groups is 2. The van der Waals surface area contributed by atoms with E-state index in [2.05, 4.69) is 10.6 Å². The molecule has 0 heterocycles. The Hall–Kier alpha value is -4.61. The minimum Gasteiger partial charge on any atom is -0.487 e. The molecule has 0 aromatic heterocycles. The molecule has 1 amide bonds. The number of ether oxygens (including phenoxy) is 2. The molecule has 0 radical (unpaired) electrons. The standard InChI is InChI=1S/C29H34N4O7/c1-16(2)40-25-12-19(24(35)14-34)11-20(27(25)39-15-26(36)37)13-32-23-9-4-17(3)10-22(23)29(38)33-21-7-5-18(6-8-21)28(30)31/h4-12,16,24,32,34-35H,13-15H2,1-3H3,(H3,30,31)(H,33,38)(H,36,37)/t24-/m0/s1. The first kappa shape index (κ1) is 29.9. The monoisotopic (exact) mass is 550 g/mol. The molecule has 0 spiro atoms. The van der Waals surface area contributed by atoms with Crippen molar-refractivity contribution in [2.24, 2.45) is 5.73 Å². The third-order valence-electron chi connectivity index (χ3n) is 5.76. The van der Waals surface area contributed by atoms with E-state index in [1.165, 1.54) is 6.07 Å². The van der Waals surface area contributed by atoms with Gasteiger partial charge in [-0.05, 0) is 74.9 Å². The summed E-state index contributed by atoms with van der Waals surface area (Å²) >= 11 is 0. The van der Waals surface area contributed by atoms with E-state index in [4.69, 9.17) is 20.6 Å². The van der Waals surface area contributed by atoms with Crippen LogP contribution in [0.15, 0.2) is 54.6 Å². The van der Waals surface area contributed by atoms with E-state index in [1.807, 2.05) is 13.0 Å². The summed E-state index contributed by atoms with van der Waals surface area (Å²) in [4.78, 5) is 24.5. The molecule has 11 nitrogen and oxygen atoms in total. The average molecular weight is 551 g/mol. The number of benzene rings is 3. The Kier molecular flexibility index (Phi) is 10.1. The van der Waals surface area contributed by atoms with Crippen molar-refractivity contribution in [3.63, 3.8) is 0 Å². The van der Waals surface area contributed by atoms with Crippen molar-refractivity contribution in [2.75, 3.05) is 23.8 Å². The second-order valence-corrected chi connectivity index (χ2v) is 9.40. The molecule has 0 saturated heterocycles. The van der Waals surface area contributed by atoms with Crippen molar-refractivity contribution in [1.82, 2.24) is 0 Å². The van der Waals surface area contributed by atoms with Crippen molar-refractivity contribution in [3.05, 3.63) is 82.4 Å². The molecule has 8 N–H and O–H groups in total. The number of carboxylic acid groups (broad SMARTS) is 1. The van der Waals surface area contributed by atoms with E-state index >= 15 is 0 Å². The molecule has 3 aromatic carbocycles. The third kappa shape index (κ3) is 7.95. The fourth-order valence-electron chi connectivity index (χ4n) is 3.87. The zero-order valence-corrected chi connectivity index (χ0v) is 22.5. The average Bonchev–Trinajstić information content (AvgIpc) is 2.90. The predicted molar refractivity (Wildman–Crippen MR) is 151 cm³/mol. The molecule has 0 aliphatic heterocycles. The fourth-order valence-corrected chi connectivity index (χ4v) is 3.87. The lowest BCUT2D eigenvalue weighted by Crippen LogP contribution is -2.17. The second-order valence-electron chi connectivity index (χ2n) is 9.40. The minimum absolute atomic E-state index is 0.0754. The van der Waals surface area contributed by atoms with Crippen LogP contribution in [-0.2, 0) is 11.3 Å². The number of aliphatic hydroxyl groups is 2. The van der Waals surface area contributed by atoms with Gasteiger partial charge in [0.05, 0.1) is 18.3 Å². The molecule has 0 saturated carbocycles. The highest BCUT2D eigenvalue weighted by atomic mass is 16.5. The number of aliphatic carboxylic acids is 1. The number of nitrogen functional groups attached to an aromatic ring is 1. The first-order valence-electron chi connectivity index (χ1n) is 12.6. The zero-order chi connectivity index (χ0) is 29.4. The Morgan fingerprint density at radius 3 is 2.38 bits per heavy atom. The van der Waals surface area contributed by atoms with Gasteiger partial charge in [0.25, 0.3) is 5.91 Å². The van der Waals surface area contributed by atoms with Crippen LogP contribution in [0.3, 0.4) is 0 Å². The Morgan fingerprint density at radius 1 is 1.07 bits per heavy atom. The summed E-state index contributed by atoms with van der Waals surface area (Å²) in [5.74, 6) is -1.25. The Morgan fingerprint density at radius 2 is 1.77 bits per heavy atom. The van der Waals surface area contributed by atoms with Gasteiger partial charge < -0.3 is 41.2 Å². The van der Waals surface area contributed by atoms with Gasteiger partial charge in [0.2, 0.25) is 0 Å². The Bertz CT molecular complexity index is 1370. The number of amidine groups is 1. The van der Waals surface area contributed by atoms with E-state index in [0.29, 0.717) is 33.6 Å². The minimum atomic E-state index is -1.20. The number of amides is 1. The third-order valence-corrected chi connectivity index (χ3v) is 5.76. The number of carbonyl (C=O) groups excluding carboxylic acids is 1. The number of aliphatic hydroxyl groups excluding tert-OH is 2. The number of hydrogen-bond donors (Lipinski definition) is 7. The Balaban J connectivity index is 1.94. The zero-order valence-electron chi connectivity index (χ0n) is 22.5. The van der Waals surface area contributed by atoms with Crippen LogP contribution in [-0.4, -0.2) is 52.3 Å². The van der Waals surface area contributed by atoms with Crippen LogP contribution in [0.2, 0.25) is 0 Å². The molecular weight excluding hydrogens is 516 g/mol. The SMILES string of the molecule is Cc1ccc(NCc2cc([C@@H](O)CO)cc(OC(C)C)c2OCC(=O)O)c(C(=O)Nc2ccc(C(=N)N)cc2)c1. The predicted octanol–water partition coefficient (Wildman–Crippen LogP) is 3.42. The molecule has 0 aliphatic rings. The number of anilines is 2. The molecule has 212 valence electrons. The molecule has 11 heteroatoms. The highest BCUT2D eigenvalue weighted by molar-refractivity contribution is 6.08. The second kappa shape index (κ2) is 13.5. The van der Waals surface area contributed by atoms with E-state index in [0.717, 1.165) is 5.56 Å². The summed E-state index contributed by atoms with van der Waals surface area (Å²) in [6, 6.07) is 15.0. The van der Waals surface area contributed by atoms with Crippen molar-refractivity contribution in [2.45, 2.75) is 39.5 Å². The maximum atomic E-state index is 13.2. The van der Waals surface area contributed by atoms with E-state index < -0.39 is 25.3 Å². The highest BCUT2D eigenvalue weighted by Crippen LogP contribution is 2.36. The van der Waals surface area contributed by atoms with Gasteiger partial charge in [0, 0.05) is 29.0 Å². The van der Waals surface area contributed by atoms with Crippen LogP contribution in [0.25, 0.3) is 0 Å². The summed E-state index contributed by atoms with van der Waals surface area (Å²) in [7, 11) is 0. The maximum absolute atomic E-state index is 13.2. The molecular formula is C29H34N4O7.